The predicted octanol–water partition coefficient (Wildman–Crippen LogP) is 5.87. The second-order valence-corrected chi connectivity index (χ2v) is 9.69. The van der Waals surface area contributed by atoms with Gasteiger partial charge < -0.3 is 14.6 Å². The van der Waals surface area contributed by atoms with Crippen LogP contribution in [0.25, 0.3) is 28.1 Å². The highest BCUT2D eigenvalue weighted by Crippen LogP contribution is 2.43. The second kappa shape index (κ2) is 10.5. The molecule has 0 bridgehead atoms. The summed E-state index contributed by atoms with van der Waals surface area (Å²) in [6.45, 7) is -0.529. The first-order valence-corrected chi connectivity index (χ1v) is 12.3. The van der Waals surface area contributed by atoms with Gasteiger partial charge in [0.05, 0.1) is 17.2 Å². The summed E-state index contributed by atoms with van der Waals surface area (Å²) in [5, 5.41) is 2.37. The number of halogens is 6. The van der Waals surface area contributed by atoms with Crippen molar-refractivity contribution < 1.29 is 40.7 Å². The SMILES string of the molecule is CC(CN(C)c1cc(F)c(F)cc1-c1cc2[nH]c3c(c2c2c1C(=O)NC2=O)C=C(F)C(F)=CC3)OC(CF)CF. The molecule has 12 heteroatoms. The van der Waals surface area contributed by atoms with Crippen molar-refractivity contribution in [2.45, 2.75) is 25.6 Å². The number of alkyl halides is 2. The van der Waals surface area contributed by atoms with E-state index in [1.807, 2.05) is 0 Å². The predicted molar refractivity (Wildman–Crippen MR) is 137 cm³/mol. The number of ether oxygens (including phenoxy) is 1. The number of H-pyrrole nitrogens is 1. The lowest BCUT2D eigenvalue weighted by Gasteiger charge is -2.28. The Labute approximate surface area is 224 Å². The molecular weight excluding hydrogens is 540 g/mol. The highest BCUT2D eigenvalue weighted by molar-refractivity contribution is 6.30. The molecule has 0 saturated carbocycles. The van der Waals surface area contributed by atoms with Crippen LogP contribution in [-0.4, -0.2) is 55.9 Å². The van der Waals surface area contributed by atoms with Crippen LogP contribution in [-0.2, 0) is 11.2 Å². The van der Waals surface area contributed by atoms with E-state index in [9.17, 15) is 35.9 Å². The first-order valence-electron chi connectivity index (χ1n) is 12.3. The topological polar surface area (TPSA) is 74.4 Å². The molecule has 2 N–H and O–H groups in total. The summed E-state index contributed by atoms with van der Waals surface area (Å²) >= 11 is 0. The Morgan fingerprint density at radius 3 is 2.33 bits per heavy atom. The standard InChI is InChI=1S/C28H23F6N3O3/c1-12(40-13(9-29)10-30)11-37(2)23-8-20(34)19(33)5-14(23)15-7-22-24(26-25(15)27(38)36-28(26)39)16-6-18(32)17(31)3-4-21(16)35-22/h3,5-8,12-13,35H,4,9-11H2,1-2H3,(H,36,38,39). The number of hydrogen-bond donors (Lipinski definition) is 2. The summed E-state index contributed by atoms with van der Waals surface area (Å²) in [6, 6.07) is 3.24. The third kappa shape index (κ3) is 4.66. The summed E-state index contributed by atoms with van der Waals surface area (Å²) in [7, 11) is 1.52. The van der Waals surface area contributed by atoms with E-state index in [-0.39, 0.29) is 57.4 Å². The molecule has 0 spiro atoms. The molecule has 2 amide bonds. The Hall–Kier alpha value is -4.06. The number of benzene rings is 2. The maximum Gasteiger partial charge on any atom is 0.259 e. The van der Waals surface area contributed by atoms with E-state index in [2.05, 4.69) is 10.3 Å². The van der Waals surface area contributed by atoms with Crippen molar-refractivity contribution in [1.82, 2.24) is 10.3 Å². The molecule has 1 atom stereocenters. The fourth-order valence-corrected chi connectivity index (χ4v) is 5.19. The molecule has 0 saturated heterocycles. The van der Waals surface area contributed by atoms with Crippen LogP contribution >= 0.6 is 0 Å². The van der Waals surface area contributed by atoms with E-state index in [1.54, 1.807) is 6.92 Å². The van der Waals surface area contributed by atoms with Gasteiger partial charge >= 0.3 is 0 Å². The van der Waals surface area contributed by atoms with Crippen molar-refractivity contribution in [3.63, 3.8) is 0 Å². The van der Waals surface area contributed by atoms with Gasteiger partial charge in [0.1, 0.15) is 19.5 Å². The van der Waals surface area contributed by atoms with Crippen molar-refractivity contribution in [3.8, 4) is 11.1 Å². The molecule has 40 heavy (non-hydrogen) atoms. The molecule has 2 aliphatic rings. The molecule has 210 valence electrons. The quantitative estimate of drug-likeness (QED) is 0.266. The smallest absolute Gasteiger partial charge is 0.259 e. The summed E-state index contributed by atoms with van der Waals surface area (Å²) in [5.41, 5.74) is 0.808. The molecule has 0 radical (unpaired) electrons. The number of carbonyl (C=O) groups is 2. The number of likely N-dealkylation sites (N-methyl/N-ethyl adjacent to an activating group) is 1. The van der Waals surface area contributed by atoms with Gasteiger partial charge in [-0.3, -0.25) is 14.9 Å². The molecule has 3 aromatic rings. The number of rotatable bonds is 8. The lowest BCUT2D eigenvalue weighted by molar-refractivity contribution is -0.0221. The van der Waals surface area contributed by atoms with Crippen LogP contribution in [0, 0.1) is 11.6 Å². The van der Waals surface area contributed by atoms with Crippen LogP contribution < -0.4 is 10.2 Å². The first-order chi connectivity index (χ1) is 19.0. The fourth-order valence-electron chi connectivity index (χ4n) is 5.19. The number of nitrogens with one attached hydrogen (secondary N) is 2. The highest BCUT2D eigenvalue weighted by atomic mass is 19.2. The van der Waals surface area contributed by atoms with Crippen LogP contribution in [0.15, 0.2) is 35.9 Å². The van der Waals surface area contributed by atoms with Gasteiger partial charge in [0.15, 0.2) is 23.3 Å². The minimum absolute atomic E-state index is 0.00288. The Morgan fingerprint density at radius 1 is 0.950 bits per heavy atom. The van der Waals surface area contributed by atoms with Crippen LogP contribution in [0.5, 0.6) is 0 Å². The van der Waals surface area contributed by atoms with Crippen LogP contribution in [0.4, 0.5) is 32.0 Å². The number of amides is 2. The van der Waals surface area contributed by atoms with Crippen LogP contribution in [0.1, 0.15) is 38.9 Å². The third-order valence-corrected chi connectivity index (χ3v) is 6.91. The van der Waals surface area contributed by atoms with Crippen molar-refractivity contribution in [2.24, 2.45) is 0 Å². The summed E-state index contributed by atoms with van der Waals surface area (Å²) < 4.78 is 88.6. The van der Waals surface area contributed by atoms with Crippen molar-refractivity contribution in [1.29, 1.82) is 0 Å². The molecule has 1 aromatic heterocycles. The maximum atomic E-state index is 14.6. The molecule has 5 rings (SSSR count). The van der Waals surface area contributed by atoms with E-state index in [1.165, 1.54) is 18.0 Å². The Bertz CT molecular complexity index is 1610. The number of allylic oxidation sites excluding steroid dienone is 3. The number of aromatic amines is 1. The maximum absolute atomic E-state index is 14.6. The molecule has 2 aromatic carbocycles. The second-order valence-electron chi connectivity index (χ2n) is 9.69. The zero-order chi connectivity index (χ0) is 28.9. The van der Waals surface area contributed by atoms with Crippen molar-refractivity contribution >= 4 is 34.5 Å². The van der Waals surface area contributed by atoms with Gasteiger partial charge in [0.2, 0.25) is 0 Å². The third-order valence-electron chi connectivity index (χ3n) is 6.91. The molecule has 1 aliphatic heterocycles. The van der Waals surface area contributed by atoms with E-state index < -0.39 is 60.7 Å². The molecular formula is C28H23F6N3O3. The molecule has 1 aliphatic carbocycles. The van der Waals surface area contributed by atoms with E-state index in [4.69, 9.17) is 4.74 Å². The van der Waals surface area contributed by atoms with E-state index in [0.29, 0.717) is 5.69 Å². The normalized spacial score (nSPS) is 15.5. The largest absolute Gasteiger partial charge is 0.371 e. The number of nitrogens with zero attached hydrogens (tertiary/aromatic N) is 1. The van der Waals surface area contributed by atoms with E-state index >= 15 is 0 Å². The number of aromatic nitrogens is 1. The fraction of sp³-hybridized carbons (Fsp3) is 0.286. The molecule has 0 fully saturated rings. The van der Waals surface area contributed by atoms with Gasteiger partial charge in [-0.15, -0.1) is 0 Å². The van der Waals surface area contributed by atoms with Crippen molar-refractivity contribution in [2.75, 3.05) is 31.8 Å². The molecule has 6 nitrogen and oxygen atoms in total. The number of anilines is 1. The Balaban J connectivity index is 1.69. The zero-order valence-corrected chi connectivity index (χ0v) is 21.3. The average molecular weight is 563 g/mol. The van der Waals surface area contributed by atoms with E-state index in [0.717, 1.165) is 24.3 Å². The number of imide groups is 1. The van der Waals surface area contributed by atoms with Crippen molar-refractivity contribution in [3.05, 3.63) is 69.9 Å². The van der Waals surface area contributed by atoms with Gasteiger partial charge in [0, 0.05) is 59.5 Å². The van der Waals surface area contributed by atoms with Gasteiger partial charge in [-0.05, 0) is 36.8 Å². The van der Waals surface area contributed by atoms with Gasteiger partial charge in [-0.1, -0.05) is 0 Å². The lowest BCUT2D eigenvalue weighted by Crippen LogP contribution is -2.33. The minimum atomic E-state index is -1.28. The van der Waals surface area contributed by atoms with Gasteiger partial charge in [0.25, 0.3) is 11.8 Å². The van der Waals surface area contributed by atoms with Gasteiger partial charge in [-0.2, -0.15) is 0 Å². The summed E-state index contributed by atoms with van der Waals surface area (Å²) in [5.74, 6) is -6.22. The summed E-state index contributed by atoms with van der Waals surface area (Å²) in [4.78, 5) is 30.5. The summed E-state index contributed by atoms with van der Waals surface area (Å²) in [6.07, 6.45) is -0.0757. The minimum Gasteiger partial charge on any atom is -0.371 e. The molecule has 1 unspecified atom stereocenters. The Morgan fingerprint density at radius 2 is 1.62 bits per heavy atom. The molecule has 2 heterocycles. The van der Waals surface area contributed by atoms with Gasteiger partial charge in [-0.25, -0.2) is 26.3 Å². The lowest BCUT2D eigenvalue weighted by atomic mass is 9.91. The Kier molecular flexibility index (Phi) is 7.21. The zero-order valence-electron chi connectivity index (χ0n) is 21.3. The number of fused-ring (bicyclic) bond motifs is 5. The average Bonchev–Trinajstić information content (AvgIpc) is 3.36. The number of hydrogen-bond acceptors (Lipinski definition) is 4. The van der Waals surface area contributed by atoms with Crippen LogP contribution in [0.2, 0.25) is 0 Å². The number of carbonyl (C=O) groups excluding carboxylic acids is 2. The monoisotopic (exact) mass is 563 g/mol. The van der Waals surface area contributed by atoms with Crippen LogP contribution in [0.3, 0.4) is 0 Å². The highest BCUT2D eigenvalue weighted by Gasteiger charge is 2.36. The first kappa shape index (κ1) is 27.5.